The molecule has 1 amide bonds. The van der Waals surface area contributed by atoms with Crippen molar-refractivity contribution >= 4 is 11.6 Å². The summed E-state index contributed by atoms with van der Waals surface area (Å²) in [6.07, 6.45) is 3.10. The maximum Gasteiger partial charge on any atom is 0.251 e. The van der Waals surface area contributed by atoms with Crippen LogP contribution < -0.4 is 10.6 Å². The first-order valence-corrected chi connectivity index (χ1v) is 8.71. The first-order valence-electron chi connectivity index (χ1n) is 8.71. The first kappa shape index (κ1) is 18.1. The minimum Gasteiger partial charge on any atom is -0.378 e. The smallest absolute Gasteiger partial charge is 0.251 e. The second-order valence-electron chi connectivity index (χ2n) is 6.45. The second kappa shape index (κ2) is 7.56. The van der Waals surface area contributed by atoms with Crippen molar-refractivity contribution in [2.24, 2.45) is 5.73 Å². The van der Waals surface area contributed by atoms with Crippen LogP contribution in [-0.4, -0.2) is 24.6 Å². The number of rotatable bonds is 7. The van der Waals surface area contributed by atoms with Gasteiger partial charge in [-0.15, -0.1) is 0 Å². The number of carbonyl (C=O) groups excluding carboxylic acids is 1. The van der Waals surface area contributed by atoms with E-state index in [0.717, 1.165) is 48.3 Å². The Morgan fingerprint density at radius 2 is 1.79 bits per heavy atom. The fraction of sp³-hybridized carbons (Fsp3) is 0.450. The molecule has 0 aliphatic carbocycles. The van der Waals surface area contributed by atoms with Crippen molar-refractivity contribution in [3.05, 3.63) is 41.2 Å². The molecule has 0 aliphatic heterocycles. The van der Waals surface area contributed by atoms with E-state index in [1.807, 2.05) is 21.0 Å². The van der Waals surface area contributed by atoms with E-state index < -0.39 is 0 Å². The van der Waals surface area contributed by atoms with Gasteiger partial charge in [0.25, 0.3) is 5.91 Å². The lowest BCUT2D eigenvalue weighted by molar-refractivity contribution is 0.1000. The zero-order chi connectivity index (χ0) is 17.9. The topological polar surface area (TPSA) is 51.3 Å². The van der Waals surface area contributed by atoms with E-state index in [9.17, 15) is 4.79 Å². The Morgan fingerprint density at radius 3 is 2.25 bits per heavy atom. The second-order valence-corrected chi connectivity index (χ2v) is 6.45. The maximum atomic E-state index is 12.1. The third-order valence-electron chi connectivity index (χ3n) is 4.62. The number of aromatic nitrogens is 1. The van der Waals surface area contributed by atoms with Crippen molar-refractivity contribution in [1.82, 2.24) is 4.57 Å². The van der Waals surface area contributed by atoms with Gasteiger partial charge in [-0.05, 0) is 37.5 Å². The lowest BCUT2D eigenvalue weighted by Gasteiger charge is -2.14. The van der Waals surface area contributed by atoms with Crippen LogP contribution in [-0.2, 0) is 13.0 Å². The highest BCUT2D eigenvalue weighted by atomic mass is 16.1. The molecule has 0 atom stereocenters. The Bertz CT molecular complexity index is 711. The van der Waals surface area contributed by atoms with Crippen LogP contribution in [0.2, 0.25) is 0 Å². The van der Waals surface area contributed by atoms with Gasteiger partial charge in [-0.2, -0.15) is 0 Å². The van der Waals surface area contributed by atoms with Gasteiger partial charge < -0.3 is 15.2 Å². The van der Waals surface area contributed by atoms with Crippen LogP contribution >= 0.6 is 0 Å². The van der Waals surface area contributed by atoms with Crippen molar-refractivity contribution in [2.45, 2.75) is 46.6 Å². The number of nitrogens with two attached hydrogens (primary N) is 1. The van der Waals surface area contributed by atoms with E-state index in [-0.39, 0.29) is 5.91 Å². The Kier molecular flexibility index (Phi) is 5.71. The SMILES string of the molecule is CCCCn1c(C)c(C(N)=O)c(-c2ccc(N(C)C)cc2)c1CC. The lowest BCUT2D eigenvalue weighted by Crippen LogP contribution is -2.13. The fourth-order valence-corrected chi connectivity index (χ4v) is 3.32. The molecule has 0 fully saturated rings. The highest BCUT2D eigenvalue weighted by molar-refractivity contribution is 6.02. The number of benzene rings is 1. The van der Waals surface area contributed by atoms with Gasteiger partial charge in [-0.25, -0.2) is 0 Å². The van der Waals surface area contributed by atoms with Crippen LogP contribution in [0.4, 0.5) is 5.69 Å². The number of amides is 1. The molecule has 0 spiro atoms. The van der Waals surface area contributed by atoms with Crippen LogP contribution in [0.15, 0.2) is 24.3 Å². The molecule has 24 heavy (non-hydrogen) atoms. The van der Waals surface area contributed by atoms with Gasteiger partial charge in [0.15, 0.2) is 0 Å². The van der Waals surface area contributed by atoms with Crippen molar-refractivity contribution < 1.29 is 4.79 Å². The normalized spacial score (nSPS) is 10.9. The third-order valence-corrected chi connectivity index (χ3v) is 4.62. The van der Waals surface area contributed by atoms with Crippen LogP contribution in [0, 0.1) is 6.92 Å². The molecule has 1 aromatic heterocycles. The summed E-state index contributed by atoms with van der Waals surface area (Å²) in [6.45, 7) is 7.26. The number of hydrogen-bond donors (Lipinski definition) is 1. The average Bonchev–Trinajstić information content (AvgIpc) is 2.84. The molecule has 1 aromatic carbocycles. The molecule has 0 saturated heterocycles. The summed E-state index contributed by atoms with van der Waals surface area (Å²) in [6, 6.07) is 8.33. The van der Waals surface area contributed by atoms with E-state index in [2.05, 4.69) is 47.6 Å². The number of nitrogens with zero attached hydrogens (tertiary/aromatic N) is 2. The van der Waals surface area contributed by atoms with Crippen molar-refractivity contribution in [2.75, 3.05) is 19.0 Å². The van der Waals surface area contributed by atoms with Gasteiger partial charge in [0, 0.05) is 43.3 Å². The van der Waals surface area contributed by atoms with Gasteiger partial charge >= 0.3 is 0 Å². The van der Waals surface area contributed by atoms with E-state index in [4.69, 9.17) is 5.73 Å². The predicted molar refractivity (Wildman–Crippen MR) is 102 cm³/mol. The van der Waals surface area contributed by atoms with E-state index in [0.29, 0.717) is 5.56 Å². The van der Waals surface area contributed by atoms with Crippen LogP contribution in [0.5, 0.6) is 0 Å². The molecule has 0 unspecified atom stereocenters. The van der Waals surface area contributed by atoms with E-state index in [1.165, 1.54) is 5.69 Å². The molecule has 130 valence electrons. The van der Waals surface area contributed by atoms with Gasteiger partial charge in [0.2, 0.25) is 0 Å². The summed E-state index contributed by atoms with van der Waals surface area (Å²) in [7, 11) is 4.04. The van der Waals surface area contributed by atoms with Crippen molar-refractivity contribution in [3.8, 4) is 11.1 Å². The fourth-order valence-electron chi connectivity index (χ4n) is 3.32. The Hall–Kier alpha value is -2.23. The molecular weight excluding hydrogens is 298 g/mol. The number of anilines is 1. The summed E-state index contributed by atoms with van der Waals surface area (Å²) < 4.78 is 2.28. The summed E-state index contributed by atoms with van der Waals surface area (Å²) >= 11 is 0. The van der Waals surface area contributed by atoms with Gasteiger partial charge in [0.1, 0.15) is 0 Å². The molecule has 1 heterocycles. The summed E-state index contributed by atoms with van der Waals surface area (Å²) in [5.74, 6) is -0.343. The monoisotopic (exact) mass is 327 g/mol. The van der Waals surface area contributed by atoms with Gasteiger partial charge in [0.05, 0.1) is 5.56 Å². The molecule has 4 nitrogen and oxygen atoms in total. The lowest BCUT2D eigenvalue weighted by atomic mass is 9.98. The zero-order valence-electron chi connectivity index (χ0n) is 15.5. The molecule has 0 aliphatic rings. The molecule has 0 bridgehead atoms. The molecule has 2 aromatic rings. The average molecular weight is 327 g/mol. The number of primary amides is 1. The minimum absolute atomic E-state index is 0.343. The minimum atomic E-state index is -0.343. The Morgan fingerprint density at radius 1 is 1.17 bits per heavy atom. The molecular formula is C20H29N3O. The molecule has 0 radical (unpaired) electrons. The number of unbranched alkanes of at least 4 members (excludes halogenated alkanes) is 1. The highest BCUT2D eigenvalue weighted by Gasteiger charge is 2.23. The first-order chi connectivity index (χ1) is 11.4. The molecule has 2 rings (SSSR count). The largest absolute Gasteiger partial charge is 0.378 e. The Balaban J connectivity index is 2.64. The number of carbonyl (C=O) groups is 1. The maximum absolute atomic E-state index is 12.1. The summed E-state index contributed by atoms with van der Waals surface area (Å²) in [5, 5.41) is 0. The standard InChI is InChI=1S/C20H29N3O/c1-6-8-13-23-14(3)18(20(21)24)19(17(23)7-2)15-9-11-16(12-10-15)22(4)5/h9-12H,6-8,13H2,1-5H3,(H2,21,24). The van der Waals surface area contributed by atoms with Crippen molar-refractivity contribution in [1.29, 1.82) is 0 Å². The van der Waals surface area contributed by atoms with E-state index >= 15 is 0 Å². The van der Waals surface area contributed by atoms with Crippen molar-refractivity contribution in [3.63, 3.8) is 0 Å². The zero-order valence-corrected chi connectivity index (χ0v) is 15.5. The highest BCUT2D eigenvalue weighted by Crippen LogP contribution is 2.34. The summed E-state index contributed by atoms with van der Waals surface area (Å²) in [4.78, 5) is 14.2. The summed E-state index contributed by atoms with van der Waals surface area (Å²) in [5.41, 5.74) is 11.8. The van der Waals surface area contributed by atoms with Gasteiger partial charge in [-0.1, -0.05) is 32.4 Å². The van der Waals surface area contributed by atoms with E-state index in [1.54, 1.807) is 0 Å². The Labute approximate surface area is 145 Å². The molecule has 0 saturated carbocycles. The number of hydrogen-bond acceptors (Lipinski definition) is 2. The third kappa shape index (κ3) is 3.32. The predicted octanol–water partition coefficient (Wildman–Crippen LogP) is 3.99. The van der Waals surface area contributed by atoms with Gasteiger partial charge in [-0.3, -0.25) is 4.79 Å². The quantitative estimate of drug-likeness (QED) is 0.836. The van der Waals surface area contributed by atoms with Crippen LogP contribution in [0.1, 0.15) is 48.4 Å². The van der Waals surface area contributed by atoms with Crippen LogP contribution in [0.25, 0.3) is 11.1 Å². The van der Waals surface area contributed by atoms with Crippen LogP contribution in [0.3, 0.4) is 0 Å². The molecule has 4 heteroatoms. The molecule has 2 N–H and O–H groups in total.